The van der Waals surface area contributed by atoms with Crippen LogP contribution in [0.3, 0.4) is 0 Å². The molecule has 0 aliphatic carbocycles. The molecule has 100 valence electrons. The molecule has 1 aliphatic rings. The lowest BCUT2D eigenvalue weighted by Gasteiger charge is -2.27. The Hall–Kier alpha value is -0.350. The fourth-order valence-electron chi connectivity index (χ4n) is 2.39. The van der Waals surface area contributed by atoms with Crippen molar-refractivity contribution in [2.24, 2.45) is 0 Å². The van der Waals surface area contributed by atoms with Gasteiger partial charge in [0.2, 0.25) is 0 Å². The first kappa shape index (κ1) is 14.1. The van der Waals surface area contributed by atoms with E-state index in [0.717, 1.165) is 38.3 Å². The summed E-state index contributed by atoms with van der Waals surface area (Å²) in [5.41, 5.74) is 0.879. The molecule has 1 aliphatic heterocycles. The van der Waals surface area contributed by atoms with Crippen molar-refractivity contribution < 1.29 is 0 Å². The van der Waals surface area contributed by atoms with Crippen molar-refractivity contribution in [2.45, 2.75) is 32.4 Å². The molecule has 1 aromatic rings. The van der Waals surface area contributed by atoms with Crippen molar-refractivity contribution >= 4 is 23.2 Å². The summed E-state index contributed by atoms with van der Waals surface area (Å²) in [5, 5.41) is 4.61. The minimum absolute atomic E-state index is 0.510. The van der Waals surface area contributed by atoms with Crippen LogP contribution in [0.15, 0.2) is 12.1 Å². The van der Waals surface area contributed by atoms with Gasteiger partial charge in [-0.05, 0) is 38.1 Å². The molecular weight excluding hydrogens is 269 g/mol. The smallest absolute Gasteiger partial charge is 0.129 e. The van der Waals surface area contributed by atoms with Crippen LogP contribution in [-0.2, 0) is 6.54 Å². The molecule has 1 unspecified atom stereocenters. The zero-order valence-electron chi connectivity index (χ0n) is 10.6. The van der Waals surface area contributed by atoms with Gasteiger partial charge in [0.15, 0.2) is 0 Å². The number of nitrogens with zero attached hydrogens (tertiary/aromatic N) is 2. The van der Waals surface area contributed by atoms with Crippen LogP contribution in [0, 0.1) is 0 Å². The molecule has 0 radical (unpaired) electrons. The largest absolute Gasteiger partial charge is 0.315 e. The van der Waals surface area contributed by atoms with Gasteiger partial charge < -0.3 is 5.32 Å². The van der Waals surface area contributed by atoms with Crippen LogP contribution in [0.5, 0.6) is 0 Å². The maximum Gasteiger partial charge on any atom is 0.129 e. The molecule has 1 aromatic heterocycles. The lowest BCUT2D eigenvalue weighted by atomic mass is 10.2. The average Bonchev–Trinajstić information content (AvgIpc) is 2.87. The fraction of sp³-hybridized carbons (Fsp3) is 0.615. The van der Waals surface area contributed by atoms with Gasteiger partial charge in [-0.25, -0.2) is 4.98 Å². The van der Waals surface area contributed by atoms with Crippen LogP contribution in [0.2, 0.25) is 10.2 Å². The van der Waals surface area contributed by atoms with Crippen molar-refractivity contribution in [3.05, 3.63) is 28.0 Å². The SMILES string of the molecule is CCCN(Cc1nc(Cl)ccc1Cl)C1CCNC1. The molecule has 3 nitrogen and oxygen atoms in total. The number of rotatable bonds is 5. The van der Waals surface area contributed by atoms with Crippen LogP contribution in [0.4, 0.5) is 0 Å². The van der Waals surface area contributed by atoms with Gasteiger partial charge in [-0.2, -0.15) is 0 Å². The molecule has 2 rings (SSSR count). The molecule has 1 fully saturated rings. The summed E-state index contributed by atoms with van der Waals surface area (Å²) >= 11 is 12.1. The standard InChI is InChI=1S/C13H19Cl2N3/c1-2-7-18(10-5-6-16-8-10)9-12-11(14)3-4-13(15)17-12/h3-4,10,16H,2,5-9H2,1H3. The predicted molar refractivity (Wildman–Crippen MR) is 76.2 cm³/mol. The molecule has 0 bridgehead atoms. The Morgan fingerprint density at radius 1 is 1.44 bits per heavy atom. The lowest BCUT2D eigenvalue weighted by Crippen LogP contribution is -2.37. The highest BCUT2D eigenvalue weighted by molar-refractivity contribution is 6.32. The van der Waals surface area contributed by atoms with Gasteiger partial charge in [0.1, 0.15) is 5.15 Å². The highest BCUT2D eigenvalue weighted by Gasteiger charge is 2.22. The molecule has 5 heteroatoms. The Balaban J connectivity index is 2.09. The summed E-state index contributed by atoms with van der Waals surface area (Å²) in [4.78, 5) is 6.79. The highest BCUT2D eigenvalue weighted by atomic mass is 35.5. The van der Waals surface area contributed by atoms with Crippen LogP contribution in [0.1, 0.15) is 25.5 Å². The molecule has 1 N–H and O–H groups in total. The number of hydrogen-bond donors (Lipinski definition) is 1. The summed E-state index contributed by atoms with van der Waals surface area (Å²) in [5.74, 6) is 0. The monoisotopic (exact) mass is 287 g/mol. The van der Waals surface area contributed by atoms with Crippen LogP contribution in [0.25, 0.3) is 0 Å². The van der Waals surface area contributed by atoms with E-state index < -0.39 is 0 Å². The minimum Gasteiger partial charge on any atom is -0.315 e. The Labute approximate surface area is 118 Å². The van der Waals surface area contributed by atoms with Gasteiger partial charge in [-0.15, -0.1) is 0 Å². The van der Waals surface area contributed by atoms with Crippen LogP contribution in [-0.4, -0.2) is 35.6 Å². The quantitative estimate of drug-likeness (QED) is 0.844. The molecule has 0 spiro atoms. The number of hydrogen-bond acceptors (Lipinski definition) is 3. The second-order valence-corrected chi connectivity index (χ2v) is 5.47. The van der Waals surface area contributed by atoms with Gasteiger partial charge >= 0.3 is 0 Å². The highest BCUT2D eigenvalue weighted by Crippen LogP contribution is 2.20. The van der Waals surface area contributed by atoms with Crippen molar-refractivity contribution in [1.82, 2.24) is 15.2 Å². The van der Waals surface area contributed by atoms with E-state index in [4.69, 9.17) is 23.2 Å². The second-order valence-electron chi connectivity index (χ2n) is 4.68. The van der Waals surface area contributed by atoms with Gasteiger partial charge in [0, 0.05) is 19.1 Å². The van der Waals surface area contributed by atoms with Crippen LogP contribution >= 0.6 is 23.2 Å². The predicted octanol–water partition coefficient (Wildman–Crippen LogP) is 2.96. The summed E-state index contributed by atoms with van der Waals surface area (Å²) in [6, 6.07) is 4.14. The third kappa shape index (κ3) is 3.58. The summed E-state index contributed by atoms with van der Waals surface area (Å²) in [6.07, 6.45) is 2.33. The van der Waals surface area contributed by atoms with Crippen molar-refractivity contribution in [3.63, 3.8) is 0 Å². The average molecular weight is 288 g/mol. The third-order valence-electron chi connectivity index (χ3n) is 3.30. The number of pyridine rings is 1. The zero-order chi connectivity index (χ0) is 13.0. The normalized spacial score (nSPS) is 19.7. The zero-order valence-corrected chi connectivity index (χ0v) is 12.1. The van der Waals surface area contributed by atoms with E-state index in [0.29, 0.717) is 16.2 Å². The Bertz CT molecular complexity index is 392. The van der Waals surface area contributed by atoms with E-state index in [1.54, 1.807) is 6.07 Å². The Kier molecular flexibility index (Phi) is 5.25. The molecule has 0 saturated carbocycles. The maximum absolute atomic E-state index is 6.18. The van der Waals surface area contributed by atoms with E-state index >= 15 is 0 Å². The number of aromatic nitrogens is 1. The van der Waals surface area contributed by atoms with Crippen LogP contribution < -0.4 is 5.32 Å². The molecule has 1 saturated heterocycles. The van der Waals surface area contributed by atoms with E-state index in [1.165, 1.54) is 6.42 Å². The first-order chi connectivity index (χ1) is 8.70. The van der Waals surface area contributed by atoms with Gasteiger partial charge in [-0.3, -0.25) is 4.90 Å². The van der Waals surface area contributed by atoms with Gasteiger partial charge in [-0.1, -0.05) is 30.1 Å². The molecule has 0 amide bonds. The summed E-state index contributed by atoms with van der Waals surface area (Å²) < 4.78 is 0. The minimum atomic E-state index is 0.510. The van der Waals surface area contributed by atoms with Crippen molar-refractivity contribution in [2.75, 3.05) is 19.6 Å². The first-order valence-corrected chi connectivity index (χ1v) is 7.22. The Morgan fingerprint density at radius 3 is 2.94 bits per heavy atom. The number of nitrogens with one attached hydrogen (secondary N) is 1. The molecule has 0 aromatic carbocycles. The lowest BCUT2D eigenvalue weighted by molar-refractivity contribution is 0.197. The number of halogens is 2. The second kappa shape index (κ2) is 6.71. The summed E-state index contributed by atoms with van der Waals surface area (Å²) in [6.45, 7) is 6.19. The first-order valence-electron chi connectivity index (χ1n) is 6.46. The molecule has 1 atom stereocenters. The van der Waals surface area contributed by atoms with Crippen molar-refractivity contribution in [3.8, 4) is 0 Å². The van der Waals surface area contributed by atoms with E-state index in [-0.39, 0.29) is 0 Å². The molecule has 18 heavy (non-hydrogen) atoms. The Morgan fingerprint density at radius 2 is 2.28 bits per heavy atom. The van der Waals surface area contributed by atoms with Crippen molar-refractivity contribution in [1.29, 1.82) is 0 Å². The van der Waals surface area contributed by atoms with E-state index in [1.807, 2.05) is 6.07 Å². The molecule has 2 heterocycles. The van der Waals surface area contributed by atoms with E-state index in [9.17, 15) is 0 Å². The maximum atomic E-state index is 6.18. The van der Waals surface area contributed by atoms with Gasteiger partial charge in [0.05, 0.1) is 10.7 Å². The third-order valence-corrected chi connectivity index (χ3v) is 3.85. The molecular formula is C13H19Cl2N3. The van der Waals surface area contributed by atoms with E-state index in [2.05, 4.69) is 22.1 Å². The fourth-order valence-corrected chi connectivity index (χ4v) is 2.72. The van der Waals surface area contributed by atoms with Gasteiger partial charge in [0.25, 0.3) is 0 Å². The summed E-state index contributed by atoms with van der Waals surface area (Å²) in [7, 11) is 0. The topological polar surface area (TPSA) is 28.2 Å².